The van der Waals surface area contributed by atoms with Gasteiger partial charge in [0.15, 0.2) is 0 Å². The molecule has 0 aromatic rings. The van der Waals surface area contributed by atoms with Crippen LogP contribution in [0, 0.1) is 0 Å². The fraction of sp³-hybridized carbons (Fsp3) is 0.923. The van der Waals surface area contributed by atoms with E-state index in [0.29, 0.717) is 6.42 Å². The maximum Gasteiger partial charge on any atom is 0.453 e. The second-order valence-corrected chi connectivity index (χ2v) is 6.16. The van der Waals surface area contributed by atoms with Crippen LogP contribution in [0.2, 0.25) is 0 Å². The van der Waals surface area contributed by atoms with Gasteiger partial charge in [0.05, 0.1) is 0 Å². The van der Waals surface area contributed by atoms with Crippen molar-refractivity contribution in [2.24, 2.45) is 0 Å². The molecule has 0 aliphatic rings. The zero-order valence-corrected chi connectivity index (χ0v) is 12.7. The summed E-state index contributed by atoms with van der Waals surface area (Å²) in [4.78, 5) is 11.0. The fourth-order valence-corrected chi connectivity index (χ4v) is 2.81. The minimum Gasteiger partial charge on any atom is -0.480 e. The van der Waals surface area contributed by atoms with Crippen LogP contribution in [0.5, 0.6) is 0 Å². The van der Waals surface area contributed by atoms with Crippen molar-refractivity contribution in [1.82, 2.24) is 0 Å². The minimum atomic E-state index is -5.51. The van der Waals surface area contributed by atoms with Crippen molar-refractivity contribution >= 4 is 17.7 Å². The summed E-state index contributed by atoms with van der Waals surface area (Å²) in [6.07, 6.45) is -3.74. The second-order valence-electron chi connectivity index (χ2n) is 4.85. The number of halogens is 5. The second kappa shape index (κ2) is 9.48. The standard InChI is InChI=1S/C13H21F5O2S/c1-2-3-4-7-10(11(19)20)21-9-6-5-8-12(14,15)13(16,17)18/h10H,2-9H2,1H3,(H,19,20). The summed E-state index contributed by atoms with van der Waals surface area (Å²) in [7, 11) is 0. The molecule has 0 radical (unpaired) electrons. The lowest BCUT2D eigenvalue weighted by molar-refractivity contribution is -0.284. The van der Waals surface area contributed by atoms with Gasteiger partial charge in [-0.05, 0) is 25.0 Å². The Kier molecular flexibility index (Phi) is 9.24. The minimum absolute atomic E-state index is 0.147. The molecule has 1 unspecified atom stereocenters. The van der Waals surface area contributed by atoms with Crippen molar-refractivity contribution in [3.63, 3.8) is 0 Å². The topological polar surface area (TPSA) is 37.3 Å². The number of thioether (sulfide) groups is 1. The average molecular weight is 336 g/mol. The fourth-order valence-electron chi connectivity index (χ4n) is 1.67. The predicted molar refractivity (Wildman–Crippen MR) is 72.9 cm³/mol. The summed E-state index contributed by atoms with van der Waals surface area (Å²) in [5.41, 5.74) is 0. The number of unbranched alkanes of at least 4 members (excludes halogenated alkanes) is 3. The van der Waals surface area contributed by atoms with E-state index in [4.69, 9.17) is 5.11 Å². The molecule has 1 atom stereocenters. The number of hydrogen-bond donors (Lipinski definition) is 1. The summed E-state index contributed by atoms with van der Waals surface area (Å²) in [6.45, 7) is 1.99. The smallest absolute Gasteiger partial charge is 0.453 e. The molecule has 0 aliphatic heterocycles. The number of alkyl halides is 5. The quantitative estimate of drug-likeness (QED) is 0.420. The Hall–Kier alpha value is -0.530. The molecule has 0 fully saturated rings. The molecule has 0 aromatic carbocycles. The van der Waals surface area contributed by atoms with Crippen LogP contribution in [-0.4, -0.2) is 34.2 Å². The number of carboxylic acid groups (broad SMARTS) is 1. The van der Waals surface area contributed by atoms with E-state index < -0.39 is 29.7 Å². The number of aliphatic carboxylic acids is 1. The van der Waals surface area contributed by atoms with E-state index in [-0.39, 0.29) is 18.6 Å². The SMILES string of the molecule is CCCCCC(SCCCCC(F)(F)C(F)(F)F)C(=O)O. The lowest BCUT2D eigenvalue weighted by Crippen LogP contribution is -2.36. The van der Waals surface area contributed by atoms with E-state index in [1.165, 1.54) is 0 Å². The molecule has 0 bridgehead atoms. The normalized spacial score (nSPS) is 14.2. The van der Waals surface area contributed by atoms with Crippen molar-refractivity contribution < 1.29 is 31.9 Å². The van der Waals surface area contributed by atoms with Crippen molar-refractivity contribution in [2.45, 2.75) is 69.2 Å². The number of carbonyl (C=O) groups is 1. The highest BCUT2D eigenvalue weighted by molar-refractivity contribution is 8.00. The highest BCUT2D eigenvalue weighted by Gasteiger charge is 2.56. The van der Waals surface area contributed by atoms with Crippen molar-refractivity contribution in [3.8, 4) is 0 Å². The molecule has 0 saturated carbocycles. The van der Waals surface area contributed by atoms with Crippen LogP contribution in [0.4, 0.5) is 22.0 Å². The Morgan fingerprint density at radius 3 is 2.19 bits per heavy atom. The van der Waals surface area contributed by atoms with E-state index in [1.54, 1.807) is 0 Å². The molecule has 0 spiro atoms. The van der Waals surface area contributed by atoms with Crippen molar-refractivity contribution in [3.05, 3.63) is 0 Å². The monoisotopic (exact) mass is 336 g/mol. The molecular formula is C13H21F5O2S. The lowest BCUT2D eigenvalue weighted by Gasteiger charge is -2.19. The van der Waals surface area contributed by atoms with Crippen LogP contribution in [0.3, 0.4) is 0 Å². The van der Waals surface area contributed by atoms with E-state index in [9.17, 15) is 26.7 Å². The summed E-state index contributed by atoms with van der Waals surface area (Å²) in [5, 5.41) is 8.36. The maximum atomic E-state index is 12.6. The van der Waals surface area contributed by atoms with E-state index in [1.807, 2.05) is 6.92 Å². The van der Waals surface area contributed by atoms with Gasteiger partial charge in [-0.25, -0.2) is 0 Å². The van der Waals surface area contributed by atoms with Gasteiger partial charge in [-0.15, -0.1) is 11.8 Å². The highest BCUT2D eigenvalue weighted by Crippen LogP contribution is 2.39. The van der Waals surface area contributed by atoms with E-state index in [2.05, 4.69) is 0 Å². The Morgan fingerprint density at radius 1 is 1.10 bits per heavy atom. The van der Waals surface area contributed by atoms with Crippen LogP contribution in [-0.2, 0) is 4.79 Å². The summed E-state index contributed by atoms with van der Waals surface area (Å²) < 4.78 is 61.0. The third kappa shape index (κ3) is 8.48. The Balaban J connectivity index is 3.93. The Labute approximate surface area is 125 Å². The number of hydrogen-bond acceptors (Lipinski definition) is 2. The molecule has 8 heteroatoms. The number of carboxylic acids is 1. The van der Waals surface area contributed by atoms with Gasteiger partial charge in [-0.3, -0.25) is 4.79 Å². The maximum absolute atomic E-state index is 12.6. The molecule has 0 heterocycles. The molecule has 0 aliphatic carbocycles. The van der Waals surface area contributed by atoms with Crippen LogP contribution in [0.1, 0.15) is 51.9 Å². The van der Waals surface area contributed by atoms with E-state index in [0.717, 1.165) is 31.0 Å². The molecule has 1 N–H and O–H groups in total. The molecule has 0 aromatic heterocycles. The molecular weight excluding hydrogens is 315 g/mol. The van der Waals surface area contributed by atoms with Crippen LogP contribution < -0.4 is 0 Å². The van der Waals surface area contributed by atoms with Gasteiger partial charge in [0.25, 0.3) is 0 Å². The molecule has 0 rings (SSSR count). The first-order valence-electron chi connectivity index (χ1n) is 6.90. The van der Waals surface area contributed by atoms with Gasteiger partial charge in [0.1, 0.15) is 5.25 Å². The van der Waals surface area contributed by atoms with Gasteiger partial charge in [-0.2, -0.15) is 22.0 Å². The largest absolute Gasteiger partial charge is 0.480 e. The highest BCUT2D eigenvalue weighted by atomic mass is 32.2. The lowest BCUT2D eigenvalue weighted by atomic mass is 10.1. The van der Waals surface area contributed by atoms with E-state index >= 15 is 0 Å². The van der Waals surface area contributed by atoms with Gasteiger partial charge in [0, 0.05) is 6.42 Å². The van der Waals surface area contributed by atoms with Crippen molar-refractivity contribution in [1.29, 1.82) is 0 Å². The van der Waals surface area contributed by atoms with Crippen LogP contribution in [0.25, 0.3) is 0 Å². The molecule has 2 nitrogen and oxygen atoms in total. The molecule has 0 amide bonds. The van der Waals surface area contributed by atoms with Crippen LogP contribution in [0.15, 0.2) is 0 Å². The van der Waals surface area contributed by atoms with Crippen molar-refractivity contribution in [2.75, 3.05) is 5.75 Å². The predicted octanol–water partition coefficient (Wildman–Crippen LogP) is 5.12. The van der Waals surface area contributed by atoms with Gasteiger partial charge in [0.2, 0.25) is 0 Å². The first-order valence-corrected chi connectivity index (χ1v) is 7.95. The zero-order chi connectivity index (χ0) is 16.5. The summed E-state index contributed by atoms with van der Waals surface area (Å²) in [6, 6.07) is 0. The molecule has 126 valence electrons. The molecule has 0 saturated heterocycles. The average Bonchev–Trinajstić information content (AvgIpc) is 2.34. The first kappa shape index (κ1) is 20.5. The van der Waals surface area contributed by atoms with Gasteiger partial charge < -0.3 is 5.11 Å². The summed E-state index contributed by atoms with van der Waals surface area (Å²) in [5.74, 6) is -5.35. The van der Waals surface area contributed by atoms with Gasteiger partial charge in [-0.1, -0.05) is 26.2 Å². The summed E-state index contributed by atoms with van der Waals surface area (Å²) >= 11 is 1.11. The zero-order valence-electron chi connectivity index (χ0n) is 11.9. The van der Waals surface area contributed by atoms with Gasteiger partial charge >= 0.3 is 18.1 Å². The van der Waals surface area contributed by atoms with Crippen LogP contribution >= 0.6 is 11.8 Å². The number of rotatable bonds is 11. The Bertz CT molecular complexity index is 307. The Morgan fingerprint density at radius 2 is 1.71 bits per heavy atom. The third-order valence-corrected chi connectivity index (χ3v) is 4.33. The first-order chi connectivity index (χ1) is 9.62. The third-order valence-electron chi connectivity index (χ3n) is 2.96. The molecule has 21 heavy (non-hydrogen) atoms.